The van der Waals surface area contributed by atoms with Gasteiger partial charge in [0.25, 0.3) is 0 Å². The van der Waals surface area contributed by atoms with E-state index in [0.717, 1.165) is 50.7 Å². The molecule has 1 amide bonds. The van der Waals surface area contributed by atoms with E-state index in [-0.39, 0.29) is 43.2 Å². The van der Waals surface area contributed by atoms with E-state index in [0.29, 0.717) is 6.54 Å². The van der Waals surface area contributed by atoms with Gasteiger partial charge in [0.15, 0.2) is 0 Å². The van der Waals surface area contributed by atoms with Crippen molar-refractivity contribution >= 4 is 30.7 Å². The second-order valence-corrected chi connectivity index (χ2v) is 6.75. The first-order valence-corrected chi connectivity index (χ1v) is 8.77. The molecule has 2 N–H and O–H groups in total. The van der Waals surface area contributed by atoms with Gasteiger partial charge in [-0.25, -0.2) is 0 Å². The Morgan fingerprint density at radius 2 is 1.84 bits per heavy atom. The Labute approximate surface area is 162 Å². The smallest absolute Gasteiger partial charge is 0.236 e. The lowest BCUT2D eigenvalue weighted by Crippen LogP contribution is -2.42. The zero-order valence-corrected chi connectivity index (χ0v) is 16.5. The van der Waals surface area contributed by atoms with Crippen LogP contribution in [0.4, 0.5) is 0 Å². The molecule has 0 radical (unpaired) electrons. The fraction of sp³-hybridized carbons (Fsp3) is 0.812. The molecule has 2 aliphatic rings. The molecule has 0 spiro atoms. The number of halogens is 2. The molecule has 2 saturated heterocycles. The molecule has 3 rings (SSSR count). The zero-order chi connectivity index (χ0) is 16.2. The molecule has 3 heterocycles. The summed E-state index contributed by atoms with van der Waals surface area (Å²) in [4.78, 5) is 16.2. The number of carbonyl (C=O) groups is 1. The number of amides is 1. The molecular weight excluding hydrogens is 363 g/mol. The van der Waals surface area contributed by atoms with Crippen molar-refractivity contribution in [3.63, 3.8) is 0 Å². The monoisotopic (exact) mass is 392 g/mol. The predicted octanol–water partition coefficient (Wildman–Crippen LogP) is 1.31. The van der Waals surface area contributed by atoms with Gasteiger partial charge >= 0.3 is 0 Å². The van der Waals surface area contributed by atoms with Gasteiger partial charge in [-0.2, -0.15) is 0 Å². The van der Waals surface area contributed by atoms with Crippen LogP contribution in [-0.4, -0.2) is 63.2 Å². The molecule has 0 saturated carbocycles. The van der Waals surface area contributed by atoms with Gasteiger partial charge in [-0.1, -0.05) is 6.42 Å². The Balaban J connectivity index is 0.00000156. The Morgan fingerprint density at radius 1 is 1.12 bits per heavy atom. The maximum Gasteiger partial charge on any atom is 0.236 e. The SMILES string of the molecule is Cl.Cl.Cn1c(CN2CCCCC2)nnc1C1CCCN(C(=O)CN)C1. The molecule has 2 aliphatic heterocycles. The molecule has 7 nitrogen and oxygen atoms in total. The third-order valence-corrected chi connectivity index (χ3v) is 5.13. The second kappa shape index (κ2) is 10.3. The summed E-state index contributed by atoms with van der Waals surface area (Å²) in [5.41, 5.74) is 5.50. The van der Waals surface area contributed by atoms with Gasteiger partial charge in [-0.05, 0) is 38.8 Å². The van der Waals surface area contributed by atoms with Gasteiger partial charge < -0.3 is 15.2 Å². The molecule has 144 valence electrons. The molecule has 1 unspecified atom stereocenters. The maximum atomic E-state index is 11.8. The minimum absolute atomic E-state index is 0. The Hall–Kier alpha value is -0.890. The van der Waals surface area contributed by atoms with Crippen LogP contribution < -0.4 is 5.73 Å². The summed E-state index contributed by atoms with van der Waals surface area (Å²) in [6, 6.07) is 0. The average Bonchev–Trinajstić information content (AvgIpc) is 2.96. The molecule has 2 fully saturated rings. The van der Waals surface area contributed by atoms with Crippen LogP contribution in [0.25, 0.3) is 0 Å². The molecule has 1 aromatic heterocycles. The molecule has 0 aromatic carbocycles. The summed E-state index contributed by atoms with van der Waals surface area (Å²) in [7, 11) is 2.05. The molecule has 9 heteroatoms. The molecule has 0 aliphatic carbocycles. The van der Waals surface area contributed by atoms with E-state index in [2.05, 4.69) is 26.7 Å². The van der Waals surface area contributed by atoms with Crippen molar-refractivity contribution in [2.24, 2.45) is 12.8 Å². The first-order chi connectivity index (χ1) is 11.2. The molecule has 0 bridgehead atoms. The summed E-state index contributed by atoms with van der Waals surface area (Å²) in [6.07, 6.45) is 5.97. The highest BCUT2D eigenvalue weighted by atomic mass is 35.5. The van der Waals surface area contributed by atoms with Crippen LogP contribution in [0, 0.1) is 0 Å². The van der Waals surface area contributed by atoms with E-state index in [1.54, 1.807) is 0 Å². The number of nitrogens with zero attached hydrogens (tertiary/aromatic N) is 5. The molecular formula is C16H30Cl2N6O. The second-order valence-electron chi connectivity index (χ2n) is 6.75. The van der Waals surface area contributed by atoms with E-state index in [4.69, 9.17) is 5.73 Å². The summed E-state index contributed by atoms with van der Waals surface area (Å²) in [6.45, 7) is 4.80. The van der Waals surface area contributed by atoms with Crippen LogP contribution in [0.3, 0.4) is 0 Å². The van der Waals surface area contributed by atoms with Crippen molar-refractivity contribution in [1.29, 1.82) is 0 Å². The Bertz CT molecular complexity index is 547. The van der Waals surface area contributed by atoms with Crippen molar-refractivity contribution < 1.29 is 4.79 Å². The van der Waals surface area contributed by atoms with E-state index in [1.165, 1.54) is 19.3 Å². The molecule has 1 aromatic rings. The van der Waals surface area contributed by atoms with E-state index < -0.39 is 0 Å². The van der Waals surface area contributed by atoms with Crippen LogP contribution >= 0.6 is 24.8 Å². The summed E-state index contributed by atoms with van der Waals surface area (Å²) in [5, 5.41) is 8.86. The third-order valence-electron chi connectivity index (χ3n) is 5.13. The number of hydrogen-bond donors (Lipinski definition) is 1. The van der Waals surface area contributed by atoms with Crippen molar-refractivity contribution in [2.45, 2.75) is 44.6 Å². The largest absolute Gasteiger partial charge is 0.341 e. The third kappa shape index (κ3) is 5.29. The number of rotatable bonds is 4. The number of hydrogen-bond acceptors (Lipinski definition) is 5. The topological polar surface area (TPSA) is 80.3 Å². The van der Waals surface area contributed by atoms with Gasteiger partial charge in [0.2, 0.25) is 5.91 Å². The van der Waals surface area contributed by atoms with E-state index in [9.17, 15) is 4.79 Å². The molecule has 25 heavy (non-hydrogen) atoms. The Morgan fingerprint density at radius 3 is 2.52 bits per heavy atom. The minimum atomic E-state index is 0. The van der Waals surface area contributed by atoms with Crippen LogP contribution in [0.15, 0.2) is 0 Å². The van der Waals surface area contributed by atoms with Crippen molar-refractivity contribution in [3.8, 4) is 0 Å². The minimum Gasteiger partial charge on any atom is -0.341 e. The van der Waals surface area contributed by atoms with Gasteiger partial charge in [0, 0.05) is 26.1 Å². The fourth-order valence-electron chi connectivity index (χ4n) is 3.73. The average molecular weight is 393 g/mol. The lowest BCUT2D eigenvalue weighted by molar-refractivity contribution is -0.130. The standard InChI is InChI=1S/C16H28N6O.2ClH/c1-20-14(12-21-7-3-2-4-8-21)18-19-16(20)13-6-5-9-22(11-13)15(23)10-17;;/h13H,2-12,17H2,1H3;2*1H. The molecule has 1 atom stereocenters. The van der Waals surface area contributed by atoms with Crippen molar-refractivity contribution in [3.05, 3.63) is 11.6 Å². The number of likely N-dealkylation sites (tertiary alicyclic amines) is 2. The van der Waals surface area contributed by atoms with Crippen LogP contribution in [-0.2, 0) is 18.4 Å². The van der Waals surface area contributed by atoms with Crippen molar-refractivity contribution in [1.82, 2.24) is 24.6 Å². The number of nitrogens with two attached hydrogens (primary N) is 1. The highest BCUT2D eigenvalue weighted by molar-refractivity contribution is 5.85. The van der Waals surface area contributed by atoms with Gasteiger partial charge in [-0.15, -0.1) is 35.0 Å². The van der Waals surface area contributed by atoms with Crippen LogP contribution in [0.5, 0.6) is 0 Å². The summed E-state index contributed by atoms with van der Waals surface area (Å²) < 4.78 is 2.13. The quantitative estimate of drug-likeness (QED) is 0.835. The number of piperidine rings is 2. The van der Waals surface area contributed by atoms with Gasteiger partial charge in [-0.3, -0.25) is 9.69 Å². The van der Waals surface area contributed by atoms with Crippen LogP contribution in [0.1, 0.15) is 49.7 Å². The first kappa shape index (κ1) is 22.2. The lowest BCUT2D eigenvalue weighted by atomic mass is 9.97. The van der Waals surface area contributed by atoms with E-state index >= 15 is 0 Å². The number of aromatic nitrogens is 3. The summed E-state index contributed by atoms with van der Waals surface area (Å²) >= 11 is 0. The summed E-state index contributed by atoms with van der Waals surface area (Å²) in [5.74, 6) is 2.34. The highest BCUT2D eigenvalue weighted by Crippen LogP contribution is 2.26. The van der Waals surface area contributed by atoms with Crippen molar-refractivity contribution in [2.75, 3.05) is 32.7 Å². The van der Waals surface area contributed by atoms with Gasteiger partial charge in [0.1, 0.15) is 11.6 Å². The fourth-order valence-corrected chi connectivity index (χ4v) is 3.73. The van der Waals surface area contributed by atoms with E-state index in [1.807, 2.05) is 4.90 Å². The predicted molar refractivity (Wildman–Crippen MR) is 102 cm³/mol. The Kier molecular flexibility index (Phi) is 9.13. The van der Waals surface area contributed by atoms with Crippen LogP contribution in [0.2, 0.25) is 0 Å². The van der Waals surface area contributed by atoms with Gasteiger partial charge in [0.05, 0.1) is 13.1 Å². The normalized spacial score (nSPS) is 21.4. The maximum absolute atomic E-state index is 11.8. The number of carbonyl (C=O) groups excluding carboxylic acids is 1. The lowest BCUT2D eigenvalue weighted by Gasteiger charge is -2.32. The zero-order valence-electron chi connectivity index (χ0n) is 14.9. The first-order valence-electron chi connectivity index (χ1n) is 8.77. The highest BCUT2D eigenvalue weighted by Gasteiger charge is 2.28.